The molecule has 134 valence electrons. The van der Waals surface area contributed by atoms with Crippen LogP contribution < -0.4 is 5.32 Å². The van der Waals surface area contributed by atoms with E-state index < -0.39 is 10.0 Å². The normalized spacial score (nSPS) is 11.6. The van der Waals surface area contributed by atoms with Gasteiger partial charge >= 0.3 is 0 Å². The number of nitrogens with zero attached hydrogens (tertiary/aromatic N) is 1. The SMILES string of the molecule is CCN(CC)S(=O)(=O)c1ccc(NC(=O)c2ccc(Br)c(C)c2)cc1. The number of carbonyl (C=O) groups excluding carboxylic acids is 1. The fourth-order valence-corrected chi connectivity index (χ4v) is 4.12. The molecule has 0 saturated carbocycles. The number of amides is 1. The van der Waals surface area contributed by atoms with Crippen LogP contribution in [0.15, 0.2) is 51.8 Å². The number of rotatable bonds is 6. The number of sulfonamides is 1. The highest BCUT2D eigenvalue weighted by atomic mass is 79.9. The fraction of sp³-hybridized carbons (Fsp3) is 0.278. The Bertz CT molecular complexity index is 860. The van der Waals surface area contributed by atoms with Gasteiger partial charge in [0.15, 0.2) is 0 Å². The molecular weight excluding hydrogens is 404 g/mol. The summed E-state index contributed by atoms with van der Waals surface area (Å²) in [6, 6.07) is 11.6. The van der Waals surface area contributed by atoms with E-state index >= 15 is 0 Å². The van der Waals surface area contributed by atoms with Crippen molar-refractivity contribution >= 4 is 37.5 Å². The van der Waals surface area contributed by atoms with Gasteiger partial charge in [-0.25, -0.2) is 8.42 Å². The molecule has 0 radical (unpaired) electrons. The first-order chi connectivity index (χ1) is 11.8. The molecule has 1 N–H and O–H groups in total. The largest absolute Gasteiger partial charge is 0.322 e. The van der Waals surface area contributed by atoms with Crippen LogP contribution in [0.25, 0.3) is 0 Å². The number of nitrogens with one attached hydrogen (secondary N) is 1. The topological polar surface area (TPSA) is 66.5 Å². The average molecular weight is 425 g/mol. The van der Waals surface area contributed by atoms with Gasteiger partial charge in [0.05, 0.1) is 4.90 Å². The third-order valence-corrected chi connectivity index (χ3v) is 6.83. The maximum Gasteiger partial charge on any atom is 0.255 e. The molecule has 0 aliphatic heterocycles. The first-order valence-corrected chi connectivity index (χ1v) is 10.2. The minimum Gasteiger partial charge on any atom is -0.322 e. The predicted octanol–water partition coefficient (Wildman–Crippen LogP) is 4.04. The van der Waals surface area contributed by atoms with E-state index in [1.807, 2.05) is 13.0 Å². The zero-order chi connectivity index (χ0) is 18.6. The predicted molar refractivity (Wildman–Crippen MR) is 103 cm³/mol. The summed E-state index contributed by atoms with van der Waals surface area (Å²) >= 11 is 3.40. The van der Waals surface area contributed by atoms with Crippen LogP contribution in [0.1, 0.15) is 29.8 Å². The minimum atomic E-state index is -3.49. The van der Waals surface area contributed by atoms with Gasteiger partial charge < -0.3 is 5.32 Å². The molecule has 0 atom stereocenters. The molecule has 5 nitrogen and oxygen atoms in total. The maximum atomic E-state index is 12.5. The molecule has 0 aromatic heterocycles. The van der Waals surface area contributed by atoms with E-state index in [0.29, 0.717) is 24.3 Å². The highest BCUT2D eigenvalue weighted by molar-refractivity contribution is 9.10. The molecule has 0 fully saturated rings. The smallest absolute Gasteiger partial charge is 0.255 e. The lowest BCUT2D eigenvalue weighted by Crippen LogP contribution is -2.30. The van der Waals surface area contributed by atoms with Crippen LogP contribution in [0, 0.1) is 6.92 Å². The third-order valence-electron chi connectivity index (χ3n) is 3.88. The molecule has 7 heteroatoms. The van der Waals surface area contributed by atoms with Crippen LogP contribution in [0.3, 0.4) is 0 Å². The summed E-state index contributed by atoms with van der Waals surface area (Å²) in [4.78, 5) is 12.5. The molecule has 0 bridgehead atoms. The molecule has 2 aromatic carbocycles. The first-order valence-electron chi connectivity index (χ1n) is 7.97. The minimum absolute atomic E-state index is 0.216. The molecule has 0 aliphatic carbocycles. The van der Waals surface area contributed by atoms with E-state index in [-0.39, 0.29) is 10.8 Å². The Morgan fingerprint density at radius 1 is 1.08 bits per heavy atom. The first kappa shape index (κ1) is 19.6. The van der Waals surface area contributed by atoms with Crippen LogP contribution in [0.5, 0.6) is 0 Å². The summed E-state index contributed by atoms with van der Waals surface area (Å²) in [6.45, 7) is 6.35. The van der Waals surface area contributed by atoms with Gasteiger partial charge in [0.2, 0.25) is 10.0 Å². The molecule has 1 amide bonds. The number of hydrogen-bond donors (Lipinski definition) is 1. The standard InChI is InChI=1S/C18H21BrN2O3S/c1-4-21(5-2)25(23,24)16-9-7-15(8-10-16)20-18(22)14-6-11-17(19)13(3)12-14/h6-12H,4-5H2,1-3H3,(H,20,22). The monoisotopic (exact) mass is 424 g/mol. The molecule has 0 spiro atoms. The van der Waals surface area contributed by atoms with Gasteiger partial charge in [-0.2, -0.15) is 4.31 Å². The van der Waals surface area contributed by atoms with Crippen molar-refractivity contribution in [1.82, 2.24) is 4.31 Å². The number of hydrogen-bond acceptors (Lipinski definition) is 3. The van der Waals surface area contributed by atoms with E-state index in [0.717, 1.165) is 10.0 Å². The zero-order valence-electron chi connectivity index (χ0n) is 14.4. The van der Waals surface area contributed by atoms with Crippen molar-refractivity contribution in [3.8, 4) is 0 Å². The van der Waals surface area contributed by atoms with Crippen molar-refractivity contribution in [3.05, 3.63) is 58.1 Å². The molecule has 0 aliphatic rings. The van der Waals surface area contributed by atoms with Gasteiger partial charge in [-0.3, -0.25) is 4.79 Å². The van der Waals surface area contributed by atoms with Gasteiger partial charge in [0.25, 0.3) is 5.91 Å². The fourth-order valence-electron chi connectivity index (χ4n) is 2.41. The Balaban J connectivity index is 2.17. The molecule has 2 rings (SSSR count). The van der Waals surface area contributed by atoms with E-state index in [1.54, 1.807) is 38.1 Å². The van der Waals surface area contributed by atoms with Crippen molar-refractivity contribution in [1.29, 1.82) is 0 Å². The maximum absolute atomic E-state index is 12.5. The Morgan fingerprint density at radius 3 is 2.20 bits per heavy atom. The zero-order valence-corrected chi connectivity index (χ0v) is 16.8. The number of aryl methyl sites for hydroxylation is 1. The van der Waals surface area contributed by atoms with Crippen LogP contribution in [0.4, 0.5) is 5.69 Å². The second-order valence-electron chi connectivity index (χ2n) is 5.53. The Kier molecular flexibility index (Phi) is 6.37. The lowest BCUT2D eigenvalue weighted by molar-refractivity contribution is 0.102. The third kappa shape index (κ3) is 4.48. The summed E-state index contributed by atoms with van der Waals surface area (Å²) in [5.41, 5.74) is 2.05. The highest BCUT2D eigenvalue weighted by Crippen LogP contribution is 2.20. The van der Waals surface area contributed by atoms with Crippen LogP contribution >= 0.6 is 15.9 Å². The van der Waals surface area contributed by atoms with Crippen LogP contribution in [-0.4, -0.2) is 31.7 Å². The molecule has 0 heterocycles. The number of benzene rings is 2. The average Bonchev–Trinajstić information content (AvgIpc) is 2.58. The Labute approximate surface area is 157 Å². The van der Waals surface area contributed by atoms with Crippen LogP contribution in [0.2, 0.25) is 0 Å². The summed E-state index contributed by atoms with van der Waals surface area (Å²) in [5, 5.41) is 2.78. The van der Waals surface area contributed by atoms with Gasteiger partial charge in [0.1, 0.15) is 0 Å². The van der Waals surface area contributed by atoms with Crippen molar-refractivity contribution in [2.45, 2.75) is 25.7 Å². The summed E-state index contributed by atoms with van der Waals surface area (Å²) in [6.07, 6.45) is 0. The summed E-state index contributed by atoms with van der Waals surface area (Å²) < 4.78 is 27.2. The van der Waals surface area contributed by atoms with Crippen molar-refractivity contribution in [3.63, 3.8) is 0 Å². The van der Waals surface area contributed by atoms with E-state index in [9.17, 15) is 13.2 Å². The van der Waals surface area contributed by atoms with Gasteiger partial charge in [-0.15, -0.1) is 0 Å². The molecular formula is C18H21BrN2O3S. The Hall–Kier alpha value is -1.70. The van der Waals surface area contributed by atoms with Crippen molar-refractivity contribution < 1.29 is 13.2 Å². The second-order valence-corrected chi connectivity index (χ2v) is 8.32. The number of anilines is 1. The lowest BCUT2D eigenvalue weighted by atomic mass is 10.1. The molecule has 0 saturated heterocycles. The van der Waals surface area contributed by atoms with Gasteiger partial charge in [-0.1, -0.05) is 29.8 Å². The molecule has 2 aromatic rings. The van der Waals surface area contributed by atoms with Gasteiger partial charge in [-0.05, 0) is 55.0 Å². The number of carbonyl (C=O) groups is 1. The summed E-state index contributed by atoms with van der Waals surface area (Å²) in [5.74, 6) is -0.241. The quantitative estimate of drug-likeness (QED) is 0.760. The van der Waals surface area contributed by atoms with E-state index in [4.69, 9.17) is 0 Å². The van der Waals surface area contributed by atoms with E-state index in [1.165, 1.54) is 16.4 Å². The lowest BCUT2D eigenvalue weighted by Gasteiger charge is -2.18. The van der Waals surface area contributed by atoms with E-state index in [2.05, 4.69) is 21.2 Å². The van der Waals surface area contributed by atoms with Crippen LogP contribution in [-0.2, 0) is 10.0 Å². The Morgan fingerprint density at radius 2 is 1.68 bits per heavy atom. The molecule has 25 heavy (non-hydrogen) atoms. The second kappa shape index (κ2) is 8.12. The van der Waals surface area contributed by atoms with Gasteiger partial charge in [0, 0.05) is 28.8 Å². The van der Waals surface area contributed by atoms with Crippen molar-refractivity contribution in [2.75, 3.05) is 18.4 Å². The highest BCUT2D eigenvalue weighted by Gasteiger charge is 2.21. The number of halogens is 1. The summed E-state index contributed by atoms with van der Waals surface area (Å²) in [7, 11) is -3.49. The van der Waals surface area contributed by atoms with Crippen molar-refractivity contribution in [2.24, 2.45) is 0 Å². The molecule has 0 unspecified atom stereocenters.